The molecule has 236 valence electrons. The van der Waals surface area contributed by atoms with Gasteiger partial charge in [0.25, 0.3) is 0 Å². The minimum absolute atomic E-state index is 0.270. The molecule has 0 amide bonds. The van der Waals surface area contributed by atoms with E-state index in [0.717, 1.165) is 60.9 Å². The molecule has 0 atom stereocenters. The molecule has 50 heavy (non-hydrogen) atoms. The minimum Gasteiger partial charge on any atom is -0.278 e. The quantitative estimate of drug-likeness (QED) is 0.192. The molecule has 0 unspecified atom stereocenters. The van der Waals surface area contributed by atoms with Crippen LogP contribution in [0.1, 0.15) is 25.0 Å². The second kappa shape index (κ2) is 10.8. The van der Waals surface area contributed by atoms with E-state index in [0.29, 0.717) is 5.95 Å². The summed E-state index contributed by atoms with van der Waals surface area (Å²) in [6, 6.07) is 55.9. The van der Waals surface area contributed by atoms with E-state index in [4.69, 9.17) is 15.0 Å². The summed E-state index contributed by atoms with van der Waals surface area (Å²) in [6.07, 6.45) is 0. The summed E-state index contributed by atoms with van der Waals surface area (Å²) in [5.74, 6) is 0.656. The number of aliphatic imine (C=N–C) groups is 1. The number of rotatable bonds is 4. The molecule has 0 spiro atoms. The zero-order chi connectivity index (χ0) is 33.4. The van der Waals surface area contributed by atoms with Crippen LogP contribution in [0.5, 0.6) is 0 Å². The first-order chi connectivity index (χ1) is 24.5. The zero-order valence-corrected chi connectivity index (χ0v) is 27.8. The molecular weight excluding hydrogens is 609 g/mol. The molecular formula is C46H32N4. The van der Waals surface area contributed by atoms with Crippen LogP contribution in [-0.4, -0.2) is 20.2 Å². The summed E-state index contributed by atoms with van der Waals surface area (Å²) in [7, 11) is 0. The molecule has 0 N–H and O–H groups in total. The first-order valence-electron chi connectivity index (χ1n) is 17.1. The molecule has 9 aromatic rings. The fourth-order valence-electron chi connectivity index (χ4n) is 7.89. The van der Waals surface area contributed by atoms with Crippen LogP contribution in [0.2, 0.25) is 0 Å². The summed E-state index contributed by atoms with van der Waals surface area (Å²) >= 11 is 0. The molecule has 0 radical (unpaired) electrons. The van der Waals surface area contributed by atoms with Crippen molar-refractivity contribution in [3.05, 3.63) is 169 Å². The molecule has 0 bridgehead atoms. The van der Waals surface area contributed by atoms with Crippen molar-refractivity contribution >= 4 is 54.9 Å². The molecule has 0 saturated carbocycles. The summed E-state index contributed by atoms with van der Waals surface area (Å²) in [5, 5.41) is 5.82. The number of hydrogen-bond donors (Lipinski definition) is 0. The Labute approximate surface area is 290 Å². The van der Waals surface area contributed by atoms with E-state index >= 15 is 0 Å². The van der Waals surface area contributed by atoms with Gasteiger partial charge in [0.1, 0.15) is 0 Å². The van der Waals surface area contributed by atoms with Crippen LogP contribution in [0, 0.1) is 0 Å². The fraction of sp³-hybridized carbons (Fsp3) is 0.0652. The number of benzene rings is 7. The number of nitrogens with zero attached hydrogens (tertiary/aromatic N) is 4. The van der Waals surface area contributed by atoms with Crippen molar-refractivity contribution in [2.24, 2.45) is 4.99 Å². The summed E-state index contributed by atoms with van der Waals surface area (Å²) in [6.45, 7) is 4.55. The van der Waals surface area contributed by atoms with Gasteiger partial charge in [0.2, 0.25) is 5.95 Å². The van der Waals surface area contributed by atoms with Crippen molar-refractivity contribution in [2.45, 2.75) is 19.3 Å². The topological polar surface area (TPSA) is 43.1 Å². The van der Waals surface area contributed by atoms with Gasteiger partial charge in [0.15, 0.2) is 0 Å². The van der Waals surface area contributed by atoms with Crippen LogP contribution < -0.4 is 0 Å². The Bertz CT molecular complexity index is 2820. The van der Waals surface area contributed by atoms with E-state index in [2.05, 4.69) is 176 Å². The maximum atomic E-state index is 5.38. The van der Waals surface area contributed by atoms with E-state index in [1.807, 2.05) is 0 Å². The van der Waals surface area contributed by atoms with Gasteiger partial charge >= 0.3 is 0 Å². The average Bonchev–Trinajstić information content (AvgIpc) is 3.63. The first-order valence-corrected chi connectivity index (χ1v) is 17.1. The second-order valence-electron chi connectivity index (χ2n) is 13.7. The maximum Gasteiger partial charge on any atom is 0.235 e. The van der Waals surface area contributed by atoms with E-state index in [1.165, 1.54) is 27.5 Å². The van der Waals surface area contributed by atoms with Gasteiger partial charge in [-0.15, -0.1) is 0 Å². The highest BCUT2D eigenvalue weighted by atomic mass is 15.2. The summed E-state index contributed by atoms with van der Waals surface area (Å²) in [5.41, 5.74) is 11.6. The van der Waals surface area contributed by atoms with Crippen molar-refractivity contribution in [3.63, 3.8) is 0 Å². The minimum atomic E-state index is -0.270. The third-order valence-corrected chi connectivity index (χ3v) is 10.4. The van der Waals surface area contributed by atoms with Gasteiger partial charge in [-0.2, -0.15) is 0 Å². The highest BCUT2D eigenvalue weighted by molar-refractivity contribution is 6.16. The van der Waals surface area contributed by atoms with Crippen molar-refractivity contribution in [3.8, 4) is 28.3 Å². The molecule has 0 fully saturated rings. The molecule has 3 heterocycles. The average molecular weight is 641 g/mol. The Balaban J connectivity index is 1.16. The fourth-order valence-corrected chi connectivity index (χ4v) is 7.89. The molecule has 4 nitrogen and oxygen atoms in total. The first kappa shape index (κ1) is 28.6. The van der Waals surface area contributed by atoms with Crippen molar-refractivity contribution < 1.29 is 0 Å². The van der Waals surface area contributed by atoms with Gasteiger partial charge in [0.05, 0.1) is 33.6 Å². The van der Waals surface area contributed by atoms with Gasteiger partial charge in [0, 0.05) is 27.1 Å². The molecule has 10 rings (SSSR count). The summed E-state index contributed by atoms with van der Waals surface area (Å²) < 4.78 is 2.24. The highest BCUT2D eigenvalue weighted by Gasteiger charge is 2.36. The SMILES string of the molecule is CC1(C)C(c2ccccc2)=Nc2cc3c4ccccc4n(-c4nc(-c5ccc(-c6cccc7ccccc67)cc5)c5ccccc5n4)c3cc21. The standard InChI is InChI=1S/C46H32N4/c1-46(2)38-28-42-37(27-40(38)47-44(46)32-14-4-3-5-15-32)35-18-9-11-22-41(35)50(42)45-48-39-21-10-8-19-36(39)43(49-45)31-25-23-30(24-26-31)34-20-12-16-29-13-6-7-17-33(29)34/h3-28H,1-2H3. The van der Waals surface area contributed by atoms with Crippen LogP contribution in [0.15, 0.2) is 163 Å². The van der Waals surface area contributed by atoms with Gasteiger partial charge in [-0.3, -0.25) is 9.56 Å². The Morgan fingerprint density at radius 1 is 0.500 bits per heavy atom. The Kier molecular flexibility index (Phi) is 6.19. The second-order valence-corrected chi connectivity index (χ2v) is 13.7. The van der Waals surface area contributed by atoms with Gasteiger partial charge in [-0.05, 0) is 57.3 Å². The highest BCUT2D eigenvalue weighted by Crippen LogP contribution is 2.46. The van der Waals surface area contributed by atoms with Crippen LogP contribution >= 0.6 is 0 Å². The van der Waals surface area contributed by atoms with Crippen LogP contribution in [0.25, 0.3) is 71.8 Å². The Hall–Kier alpha value is -6.39. The van der Waals surface area contributed by atoms with Crippen LogP contribution in [0.4, 0.5) is 5.69 Å². The zero-order valence-electron chi connectivity index (χ0n) is 27.8. The van der Waals surface area contributed by atoms with Crippen LogP contribution in [0.3, 0.4) is 0 Å². The van der Waals surface area contributed by atoms with E-state index < -0.39 is 0 Å². The molecule has 4 heteroatoms. The van der Waals surface area contributed by atoms with E-state index in [1.54, 1.807) is 0 Å². The number of hydrogen-bond acceptors (Lipinski definition) is 3. The molecule has 1 aliphatic rings. The third-order valence-electron chi connectivity index (χ3n) is 10.4. The van der Waals surface area contributed by atoms with Crippen LogP contribution in [-0.2, 0) is 5.41 Å². The van der Waals surface area contributed by atoms with E-state index in [-0.39, 0.29) is 5.41 Å². The summed E-state index contributed by atoms with van der Waals surface area (Å²) in [4.78, 5) is 15.8. The number of para-hydroxylation sites is 2. The smallest absolute Gasteiger partial charge is 0.235 e. The van der Waals surface area contributed by atoms with Gasteiger partial charge < -0.3 is 0 Å². The molecule has 7 aromatic carbocycles. The Morgan fingerprint density at radius 3 is 2.02 bits per heavy atom. The third kappa shape index (κ3) is 4.28. The largest absolute Gasteiger partial charge is 0.278 e. The van der Waals surface area contributed by atoms with Gasteiger partial charge in [-0.25, -0.2) is 9.97 Å². The van der Waals surface area contributed by atoms with Crippen molar-refractivity contribution in [1.82, 2.24) is 14.5 Å². The molecule has 1 aliphatic heterocycles. The maximum absolute atomic E-state index is 5.38. The van der Waals surface area contributed by atoms with Crippen molar-refractivity contribution in [2.75, 3.05) is 0 Å². The molecule has 2 aromatic heterocycles. The lowest BCUT2D eigenvalue weighted by atomic mass is 9.79. The lowest BCUT2D eigenvalue weighted by Gasteiger charge is -2.23. The lowest BCUT2D eigenvalue weighted by molar-refractivity contribution is 0.738. The number of fused-ring (bicyclic) bond motifs is 6. The predicted molar refractivity (Wildman–Crippen MR) is 208 cm³/mol. The number of aromatic nitrogens is 3. The molecule has 0 saturated heterocycles. The normalized spacial score (nSPS) is 13.7. The van der Waals surface area contributed by atoms with Crippen molar-refractivity contribution in [1.29, 1.82) is 0 Å². The Morgan fingerprint density at radius 2 is 1.18 bits per heavy atom. The van der Waals surface area contributed by atoms with E-state index in [9.17, 15) is 0 Å². The lowest BCUT2D eigenvalue weighted by Crippen LogP contribution is -2.26. The van der Waals surface area contributed by atoms with Gasteiger partial charge in [-0.1, -0.05) is 147 Å². The molecule has 0 aliphatic carbocycles. The predicted octanol–water partition coefficient (Wildman–Crippen LogP) is 11.6. The monoisotopic (exact) mass is 640 g/mol.